The molecule has 3 N–H and O–H groups in total. The molecule has 0 bridgehead atoms. The van der Waals surface area contributed by atoms with E-state index in [2.05, 4.69) is 19.2 Å². The summed E-state index contributed by atoms with van der Waals surface area (Å²) in [5, 5.41) is 3.22. The monoisotopic (exact) mass is 282 g/mol. The van der Waals surface area contributed by atoms with Gasteiger partial charge in [-0.1, -0.05) is 12.8 Å². The van der Waals surface area contributed by atoms with Crippen LogP contribution in [0.2, 0.25) is 0 Å². The van der Waals surface area contributed by atoms with Crippen molar-refractivity contribution in [3.8, 4) is 0 Å². The summed E-state index contributed by atoms with van der Waals surface area (Å²) >= 11 is 0. The number of hydrogen-bond acceptors (Lipinski definition) is 3. The molecule has 0 aliphatic heterocycles. The molecule has 1 amide bonds. The predicted octanol–water partition coefficient (Wildman–Crippen LogP) is 3.34. The molecule has 0 radical (unpaired) electrons. The Morgan fingerprint density at radius 1 is 1.05 bits per heavy atom. The maximum atomic E-state index is 12.2. The highest BCUT2D eigenvalue weighted by atomic mass is 16.6. The molecular formula is C16H30N2O2. The summed E-state index contributed by atoms with van der Waals surface area (Å²) in [6.45, 7) is 9.88. The standard InChI is InChI=1S/C16H30N2O2/c1-13(2,3)20-12(19)18-16(8-6-7-9-16)15(10-11-15)14(4,5)17/h6-11,17H2,1-5H3,(H,18,19). The number of rotatable bonds is 3. The van der Waals surface area contributed by atoms with Crippen molar-refractivity contribution in [1.82, 2.24) is 5.32 Å². The Balaban J connectivity index is 2.18. The van der Waals surface area contributed by atoms with E-state index in [1.165, 1.54) is 0 Å². The van der Waals surface area contributed by atoms with Gasteiger partial charge in [-0.25, -0.2) is 4.79 Å². The molecule has 4 heteroatoms. The highest BCUT2D eigenvalue weighted by Gasteiger charge is 2.66. The molecule has 2 saturated carbocycles. The van der Waals surface area contributed by atoms with Gasteiger partial charge in [-0.2, -0.15) is 0 Å². The molecule has 0 unspecified atom stereocenters. The minimum absolute atomic E-state index is 0.0351. The minimum Gasteiger partial charge on any atom is -0.444 e. The third kappa shape index (κ3) is 2.67. The van der Waals surface area contributed by atoms with Crippen molar-refractivity contribution in [2.45, 2.75) is 89.8 Å². The van der Waals surface area contributed by atoms with Gasteiger partial charge < -0.3 is 15.8 Å². The van der Waals surface area contributed by atoms with Crippen molar-refractivity contribution in [2.75, 3.05) is 0 Å². The number of amides is 1. The molecule has 0 atom stereocenters. The minimum atomic E-state index is -0.459. The van der Waals surface area contributed by atoms with Gasteiger partial charge in [-0.3, -0.25) is 0 Å². The van der Waals surface area contributed by atoms with Crippen LogP contribution in [0.3, 0.4) is 0 Å². The van der Waals surface area contributed by atoms with Crippen molar-refractivity contribution >= 4 is 6.09 Å². The van der Waals surface area contributed by atoms with Crippen molar-refractivity contribution < 1.29 is 9.53 Å². The predicted molar refractivity (Wildman–Crippen MR) is 80.5 cm³/mol. The molecule has 116 valence electrons. The van der Waals surface area contributed by atoms with Crippen LogP contribution in [-0.2, 0) is 4.74 Å². The van der Waals surface area contributed by atoms with Crippen LogP contribution in [0.4, 0.5) is 4.79 Å². The van der Waals surface area contributed by atoms with E-state index in [1.54, 1.807) is 0 Å². The van der Waals surface area contributed by atoms with Gasteiger partial charge in [0.2, 0.25) is 0 Å². The Morgan fingerprint density at radius 2 is 1.55 bits per heavy atom. The first-order chi connectivity index (χ1) is 9.02. The number of alkyl carbamates (subject to hydrolysis) is 1. The molecular weight excluding hydrogens is 252 g/mol. The van der Waals surface area contributed by atoms with E-state index in [4.69, 9.17) is 10.5 Å². The third-order valence-electron chi connectivity index (χ3n) is 5.10. The lowest BCUT2D eigenvalue weighted by Gasteiger charge is -2.46. The van der Waals surface area contributed by atoms with Crippen LogP contribution in [0.1, 0.15) is 73.1 Å². The Hall–Kier alpha value is -0.770. The van der Waals surface area contributed by atoms with Gasteiger partial charge in [-0.05, 0) is 60.3 Å². The summed E-state index contributed by atoms with van der Waals surface area (Å²) in [6.07, 6.45) is 6.27. The zero-order valence-electron chi connectivity index (χ0n) is 13.6. The Kier molecular flexibility index (Phi) is 3.61. The Morgan fingerprint density at radius 3 is 1.90 bits per heavy atom. The van der Waals surface area contributed by atoms with Gasteiger partial charge in [0.15, 0.2) is 0 Å². The van der Waals surface area contributed by atoms with E-state index in [1.807, 2.05) is 20.8 Å². The second-order valence-electron chi connectivity index (χ2n) is 8.22. The summed E-state index contributed by atoms with van der Waals surface area (Å²) < 4.78 is 5.47. The number of hydrogen-bond donors (Lipinski definition) is 2. The Bertz CT molecular complexity index is 380. The molecule has 0 spiro atoms. The molecule has 0 aromatic heterocycles. The lowest BCUT2D eigenvalue weighted by molar-refractivity contribution is 0.0325. The van der Waals surface area contributed by atoms with Crippen molar-refractivity contribution in [3.05, 3.63) is 0 Å². The fourth-order valence-corrected chi connectivity index (χ4v) is 4.07. The fourth-order valence-electron chi connectivity index (χ4n) is 4.07. The van der Waals surface area contributed by atoms with Gasteiger partial charge in [-0.15, -0.1) is 0 Å². The second kappa shape index (κ2) is 4.62. The third-order valence-corrected chi connectivity index (χ3v) is 5.10. The average molecular weight is 282 g/mol. The van der Waals surface area contributed by atoms with Gasteiger partial charge in [0.05, 0.1) is 5.54 Å². The number of carbonyl (C=O) groups excluding carboxylic acids is 1. The molecule has 2 aliphatic rings. The molecule has 0 saturated heterocycles. The van der Waals surface area contributed by atoms with Crippen LogP contribution in [0.25, 0.3) is 0 Å². The van der Waals surface area contributed by atoms with Crippen LogP contribution < -0.4 is 11.1 Å². The summed E-state index contributed by atoms with van der Waals surface area (Å²) in [7, 11) is 0. The highest BCUT2D eigenvalue weighted by molar-refractivity contribution is 5.69. The lowest BCUT2D eigenvalue weighted by Crippen LogP contribution is -2.62. The summed E-state index contributed by atoms with van der Waals surface area (Å²) in [6, 6.07) is 0. The summed E-state index contributed by atoms with van der Waals surface area (Å²) in [5.74, 6) is 0. The molecule has 4 nitrogen and oxygen atoms in total. The fraction of sp³-hybridized carbons (Fsp3) is 0.938. The van der Waals surface area contributed by atoms with E-state index in [-0.39, 0.29) is 22.6 Å². The maximum absolute atomic E-state index is 12.2. The zero-order chi connectivity index (χ0) is 15.2. The van der Waals surface area contributed by atoms with Crippen LogP contribution in [0.5, 0.6) is 0 Å². The quantitative estimate of drug-likeness (QED) is 0.834. The topological polar surface area (TPSA) is 64.3 Å². The number of carbonyl (C=O) groups is 1. The molecule has 0 heterocycles. The number of ether oxygens (including phenoxy) is 1. The first-order valence-corrected chi connectivity index (χ1v) is 7.82. The van der Waals surface area contributed by atoms with Crippen molar-refractivity contribution in [3.63, 3.8) is 0 Å². The highest BCUT2D eigenvalue weighted by Crippen LogP contribution is 2.64. The summed E-state index contributed by atoms with van der Waals surface area (Å²) in [4.78, 5) is 12.2. The first kappa shape index (κ1) is 15.6. The molecule has 0 aromatic rings. The normalized spacial score (nSPS) is 24.3. The SMILES string of the molecule is CC(C)(C)OC(=O)NC1(C2(C(C)(C)N)CC2)CCCC1. The number of nitrogens with one attached hydrogen (secondary N) is 1. The maximum Gasteiger partial charge on any atom is 0.408 e. The number of nitrogens with two attached hydrogens (primary N) is 1. The second-order valence-corrected chi connectivity index (χ2v) is 8.22. The lowest BCUT2D eigenvalue weighted by atomic mass is 9.68. The molecule has 2 aliphatic carbocycles. The van der Waals surface area contributed by atoms with Crippen molar-refractivity contribution in [1.29, 1.82) is 0 Å². The first-order valence-electron chi connectivity index (χ1n) is 7.82. The van der Waals surface area contributed by atoms with Crippen LogP contribution >= 0.6 is 0 Å². The molecule has 2 rings (SSSR count). The van der Waals surface area contributed by atoms with E-state index in [0.29, 0.717) is 0 Å². The van der Waals surface area contributed by atoms with Gasteiger partial charge >= 0.3 is 6.09 Å². The average Bonchev–Trinajstić information content (AvgIpc) is 2.93. The van der Waals surface area contributed by atoms with Crippen LogP contribution in [-0.4, -0.2) is 22.8 Å². The van der Waals surface area contributed by atoms with E-state index < -0.39 is 5.60 Å². The van der Waals surface area contributed by atoms with Crippen LogP contribution in [0.15, 0.2) is 0 Å². The molecule has 2 fully saturated rings. The van der Waals surface area contributed by atoms with Gasteiger partial charge in [0, 0.05) is 11.0 Å². The van der Waals surface area contributed by atoms with E-state index in [0.717, 1.165) is 38.5 Å². The van der Waals surface area contributed by atoms with Crippen LogP contribution in [0, 0.1) is 5.41 Å². The Labute approximate surface area is 122 Å². The largest absolute Gasteiger partial charge is 0.444 e. The zero-order valence-corrected chi connectivity index (χ0v) is 13.6. The molecule has 20 heavy (non-hydrogen) atoms. The van der Waals surface area contributed by atoms with Gasteiger partial charge in [0.1, 0.15) is 5.60 Å². The van der Waals surface area contributed by atoms with E-state index in [9.17, 15) is 4.79 Å². The van der Waals surface area contributed by atoms with Gasteiger partial charge in [0.25, 0.3) is 0 Å². The smallest absolute Gasteiger partial charge is 0.408 e. The molecule has 0 aromatic carbocycles. The summed E-state index contributed by atoms with van der Waals surface area (Å²) in [5.41, 5.74) is 5.58. The van der Waals surface area contributed by atoms with Crippen molar-refractivity contribution in [2.24, 2.45) is 11.1 Å². The van der Waals surface area contributed by atoms with E-state index >= 15 is 0 Å².